The molecule has 6 nitrogen and oxygen atoms in total. The molecule has 6 heteroatoms. The van der Waals surface area contributed by atoms with Gasteiger partial charge in [0.2, 0.25) is 0 Å². The number of ether oxygens (including phenoxy) is 1. The third-order valence-corrected chi connectivity index (χ3v) is 3.85. The number of benzene rings is 1. The van der Waals surface area contributed by atoms with Crippen LogP contribution < -0.4 is 15.0 Å². The molecule has 1 aliphatic rings. The molecule has 0 spiro atoms. The van der Waals surface area contributed by atoms with Gasteiger partial charge >= 0.3 is 0 Å². The summed E-state index contributed by atoms with van der Waals surface area (Å²) in [6.45, 7) is 1.97. The van der Waals surface area contributed by atoms with Crippen LogP contribution in [0.2, 0.25) is 0 Å². The van der Waals surface area contributed by atoms with Crippen molar-refractivity contribution < 1.29 is 9.66 Å². The molecule has 1 unspecified atom stereocenters. The second-order valence-electron chi connectivity index (χ2n) is 5.06. The first-order valence-electron chi connectivity index (χ1n) is 6.89. The van der Waals surface area contributed by atoms with Crippen LogP contribution in [0.4, 0.5) is 11.4 Å². The molecule has 110 valence electrons. The Balaban J connectivity index is 2.30. The van der Waals surface area contributed by atoms with Crippen LogP contribution in [0.1, 0.15) is 19.3 Å². The number of nitro benzene ring substituents is 1. The van der Waals surface area contributed by atoms with Gasteiger partial charge in [0.05, 0.1) is 12.0 Å². The molecule has 1 heterocycles. The monoisotopic (exact) mass is 279 g/mol. The zero-order chi connectivity index (χ0) is 14.5. The first-order valence-corrected chi connectivity index (χ1v) is 6.89. The molecule has 20 heavy (non-hydrogen) atoms. The Bertz CT molecular complexity index is 471. The first kappa shape index (κ1) is 14.6. The van der Waals surface area contributed by atoms with Crippen molar-refractivity contribution in [2.75, 3.05) is 32.1 Å². The Morgan fingerprint density at radius 3 is 2.90 bits per heavy atom. The van der Waals surface area contributed by atoms with Crippen LogP contribution in [0.3, 0.4) is 0 Å². The maximum Gasteiger partial charge on any atom is 0.292 e. The van der Waals surface area contributed by atoms with Crippen LogP contribution in [-0.2, 0) is 0 Å². The number of hydrogen-bond donors (Lipinski definition) is 1. The third-order valence-electron chi connectivity index (χ3n) is 3.85. The number of hydrogen-bond acceptors (Lipinski definition) is 5. The van der Waals surface area contributed by atoms with Gasteiger partial charge < -0.3 is 15.0 Å². The number of methoxy groups -OCH3 is 1. The lowest BCUT2D eigenvalue weighted by Gasteiger charge is -2.28. The molecule has 1 atom stereocenters. The highest BCUT2D eigenvalue weighted by molar-refractivity contribution is 5.66. The van der Waals surface area contributed by atoms with Crippen molar-refractivity contribution >= 4 is 11.4 Å². The van der Waals surface area contributed by atoms with Crippen LogP contribution in [0.15, 0.2) is 18.2 Å². The molecule has 0 bridgehead atoms. The average molecular weight is 279 g/mol. The standard InChI is InChI=1S/C14H21N3O3/c1-16(11-4-3-8-15-9-7-11)14-10-12(20-2)5-6-13(14)17(18)19/h5-6,10-11,15H,3-4,7-9H2,1-2H3. The Labute approximate surface area is 118 Å². The van der Waals surface area contributed by atoms with Crippen molar-refractivity contribution in [3.8, 4) is 5.75 Å². The van der Waals surface area contributed by atoms with Gasteiger partial charge in [0.25, 0.3) is 5.69 Å². The minimum absolute atomic E-state index is 0.130. The van der Waals surface area contributed by atoms with Gasteiger partial charge in [-0.3, -0.25) is 10.1 Å². The molecule has 2 rings (SSSR count). The Hall–Kier alpha value is -1.82. The Morgan fingerprint density at radius 2 is 2.20 bits per heavy atom. The molecule has 0 saturated carbocycles. The molecular weight excluding hydrogens is 258 g/mol. The lowest BCUT2D eigenvalue weighted by molar-refractivity contribution is -0.384. The summed E-state index contributed by atoms with van der Waals surface area (Å²) in [5, 5.41) is 14.6. The number of nitro groups is 1. The molecule has 0 aliphatic carbocycles. The number of rotatable bonds is 4. The van der Waals surface area contributed by atoms with Gasteiger partial charge in [0, 0.05) is 25.2 Å². The van der Waals surface area contributed by atoms with Gasteiger partial charge in [-0.1, -0.05) is 0 Å². The molecule has 1 saturated heterocycles. The summed E-state index contributed by atoms with van der Waals surface area (Å²) in [5.41, 5.74) is 0.756. The fourth-order valence-electron chi connectivity index (χ4n) is 2.65. The fraction of sp³-hybridized carbons (Fsp3) is 0.571. The highest BCUT2D eigenvalue weighted by Crippen LogP contribution is 2.33. The number of anilines is 1. The van der Waals surface area contributed by atoms with E-state index >= 15 is 0 Å². The molecule has 0 aromatic heterocycles. The SMILES string of the molecule is COc1ccc([N+](=O)[O-])c(N(C)C2CCCNCC2)c1. The second kappa shape index (κ2) is 6.56. The summed E-state index contributed by atoms with van der Waals surface area (Å²) in [7, 11) is 3.50. The molecule has 1 aromatic carbocycles. The average Bonchev–Trinajstić information content (AvgIpc) is 2.74. The zero-order valence-electron chi connectivity index (χ0n) is 12.0. The minimum atomic E-state index is -0.333. The van der Waals surface area contributed by atoms with E-state index in [0.29, 0.717) is 17.5 Å². The first-order chi connectivity index (χ1) is 9.63. The summed E-state index contributed by atoms with van der Waals surface area (Å²) >= 11 is 0. The van der Waals surface area contributed by atoms with Gasteiger partial charge in [-0.05, 0) is 38.4 Å². The molecule has 1 aromatic rings. The summed E-state index contributed by atoms with van der Waals surface area (Å²) in [6, 6.07) is 5.20. The smallest absolute Gasteiger partial charge is 0.292 e. The normalized spacial score (nSPS) is 19.2. The van der Waals surface area contributed by atoms with Crippen molar-refractivity contribution in [3.63, 3.8) is 0 Å². The summed E-state index contributed by atoms with van der Waals surface area (Å²) in [5.74, 6) is 0.643. The maximum atomic E-state index is 11.2. The third kappa shape index (κ3) is 3.19. The molecule has 0 amide bonds. The molecule has 1 fully saturated rings. The van der Waals surface area contributed by atoms with E-state index in [-0.39, 0.29) is 10.6 Å². The van der Waals surface area contributed by atoms with Crippen molar-refractivity contribution in [1.29, 1.82) is 0 Å². The van der Waals surface area contributed by atoms with Crippen molar-refractivity contribution in [3.05, 3.63) is 28.3 Å². The van der Waals surface area contributed by atoms with Crippen molar-refractivity contribution in [2.45, 2.75) is 25.3 Å². The maximum absolute atomic E-state index is 11.2. The van der Waals surface area contributed by atoms with E-state index in [1.165, 1.54) is 6.07 Å². The highest BCUT2D eigenvalue weighted by Gasteiger charge is 2.24. The zero-order valence-corrected chi connectivity index (χ0v) is 12.0. The minimum Gasteiger partial charge on any atom is -0.497 e. The largest absolute Gasteiger partial charge is 0.497 e. The Morgan fingerprint density at radius 1 is 1.40 bits per heavy atom. The van der Waals surface area contributed by atoms with Crippen LogP contribution in [-0.4, -0.2) is 38.2 Å². The fourth-order valence-corrected chi connectivity index (χ4v) is 2.65. The molecule has 1 N–H and O–H groups in total. The van der Waals surface area contributed by atoms with E-state index in [1.54, 1.807) is 19.2 Å². The predicted octanol–water partition coefficient (Wildman–Crippen LogP) is 2.18. The summed E-state index contributed by atoms with van der Waals surface area (Å²) in [4.78, 5) is 12.9. The lowest BCUT2D eigenvalue weighted by Crippen LogP contribution is -2.32. The topological polar surface area (TPSA) is 67.6 Å². The van der Waals surface area contributed by atoms with Crippen molar-refractivity contribution in [2.24, 2.45) is 0 Å². The number of nitrogens with zero attached hydrogens (tertiary/aromatic N) is 2. The van der Waals surface area contributed by atoms with Crippen LogP contribution in [0, 0.1) is 10.1 Å². The van der Waals surface area contributed by atoms with E-state index in [4.69, 9.17) is 4.74 Å². The quantitative estimate of drug-likeness (QED) is 0.676. The van der Waals surface area contributed by atoms with Crippen LogP contribution in [0.25, 0.3) is 0 Å². The van der Waals surface area contributed by atoms with Gasteiger partial charge in [0.15, 0.2) is 0 Å². The second-order valence-corrected chi connectivity index (χ2v) is 5.06. The van der Waals surface area contributed by atoms with Crippen molar-refractivity contribution in [1.82, 2.24) is 5.32 Å². The van der Waals surface area contributed by atoms with Gasteiger partial charge in [-0.2, -0.15) is 0 Å². The molecular formula is C14H21N3O3. The van der Waals surface area contributed by atoms with E-state index in [1.807, 2.05) is 11.9 Å². The van der Waals surface area contributed by atoms with E-state index < -0.39 is 0 Å². The van der Waals surface area contributed by atoms with Gasteiger partial charge in [-0.25, -0.2) is 0 Å². The van der Waals surface area contributed by atoms with E-state index in [0.717, 1.165) is 32.4 Å². The highest BCUT2D eigenvalue weighted by atomic mass is 16.6. The Kier molecular flexibility index (Phi) is 4.79. The predicted molar refractivity (Wildman–Crippen MR) is 78.6 cm³/mol. The summed E-state index contributed by atoms with van der Waals surface area (Å²) in [6.07, 6.45) is 3.12. The molecule has 0 radical (unpaired) electrons. The van der Waals surface area contributed by atoms with E-state index in [2.05, 4.69) is 5.32 Å². The molecule has 1 aliphatic heterocycles. The summed E-state index contributed by atoms with van der Waals surface area (Å²) < 4.78 is 5.19. The lowest BCUT2D eigenvalue weighted by atomic mass is 10.1. The van der Waals surface area contributed by atoms with Crippen LogP contribution >= 0.6 is 0 Å². The van der Waals surface area contributed by atoms with Gasteiger partial charge in [-0.15, -0.1) is 0 Å². The number of nitrogens with one attached hydrogen (secondary N) is 1. The van der Waals surface area contributed by atoms with Gasteiger partial charge in [0.1, 0.15) is 11.4 Å². The van der Waals surface area contributed by atoms with Crippen LogP contribution in [0.5, 0.6) is 5.75 Å². The van der Waals surface area contributed by atoms with E-state index in [9.17, 15) is 10.1 Å².